The summed E-state index contributed by atoms with van der Waals surface area (Å²) in [5.74, 6) is 0.399. The van der Waals surface area contributed by atoms with E-state index in [1.807, 2.05) is 52.8 Å². The molecule has 0 fully saturated rings. The molecule has 5 nitrogen and oxygen atoms in total. The topological polar surface area (TPSA) is 81.4 Å². The van der Waals surface area contributed by atoms with E-state index in [9.17, 15) is 9.59 Å². The van der Waals surface area contributed by atoms with E-state index in [1.54, 1.807) is 0 Å². The third-order valence-electron chi connectivity index (χ3n) is 2.60. The fourth-order valence-electron chi connectivity index (χ4n) is 1.36. The van der Waals surface area contributed by atoms with Crippen LogP contribution in [0.1, 0.15) is 60.5 Å². The summed E-state index contributed by atoms with van der Waals surface area (Å²) in [4.78, 5) is 22.5. The molecule has 150 valence electrons. The Morgan fingerprint density at radius 1 is 1.19 bits per heavy atom. The molecule has 1 aromatic carbocycles. The number of aryl methyl sites for hydroxylation is 1. The van der Waals surface area contributed by atoms with Crippen LogP contribution in [0.2, 0.25) is 0 Å². The minimum absolute atomic E-state index is 0.0248. The van der Waals surface area contributed by atoms with E-state index in [-0.39, 0.29) is 17.3 Å². The molecular formula is C20H36N2O3S. The molecule has 1 aromatic rings. The molecule has 0 heterocycles. The SMILES string of the molecule is CC(=O)NCSc1ccc(C)cc1N.CCC.CCOC(=O)C(C)(C)C. The largest absolute Gasteiger partial charge is 0.466 e. The van der Waals surface area contributed by atoms with Crippen LogP contribution in [0.3, 0.4) is 0 Å². The first kappa shape index (κ1) is 26.5. The quantitative estimate of drug-likeness (QED) is 0.338. The van der Waals surface area contributed by atoms with Gasteiger partial charge in [-0.3, -0.25) is 9.59 Å². The van der Waals surface area contributed by atoms with Crippen LogP contribution < -0.4 is 11.1 Å². The van der Waals surface area contributed by atoms with Crippen LogP contribution in [0.25, 0.3) is 0 Å². The Bertz CT molecular complexity index is 540. The zero-order valence-corrected chi connectivity index (χ0v) is 18.4. The Labute approximate surface area is 163 Å². The maximum absolute atomic E-state index is 10.8. The van der Waals surface area contributed by atoms with Crippen molar-refractivity contribution in [2.45, 2.75) is 66.7 Å². The summed E-state index contributed by atoms with van der Waals surface area (Å²) >= 11 is 1.53. The highest BCUT2D eigenvalue weighted by atomic mass is 32.2. The Balaban J connectivity index is 0. The molecule has 0 aliphatic rings. The third kappa shape index (κ3) is 14.6. The minimum atomic E-state index is -0.351. The number of thioether (sulfide) groups is 1. The van der Waals surface area contributed by atoms with E-state index >= 15 is 0 Å². The molecule has 0 saturated heterocycles. The molecule has 3 N–H and O–H groups in total. The second kappa shape index (κ2) is 14.5. The summed E-state index contributed by atoms with van der Waals surface area (Å²) in [6.07, 6.45) is 1.25. The Morgan fingerprint density at radius 2 is 1.73 bits per heavy atom. The van der Waals surface area contributed by atoms with Crippen LogP contribution in [0.5, 0.6) is 0 Å². The van der Waals surface area contributed by atoms with Gasteiger partial charge in [0, 0.05) is 17.5 Å². The van der Waals surface area contributed by atoms with Gasteiger partial charge >= 0.3 is 5.97 Å². The van der Waals surface area contributed by atoms with Crippen molar-refractivity contribution in [1.82, 2.24) is 5.32 Å². The number of nitrogens with two attached hydrogens (primary N) is 1. The molecule has 1 rings (SSSR count). The molecule has 26 heavy (non-hydrogen) atoms. The lowest BCUT2D eigenvalue weighted by molar-refractivity contribution is -0.152. The van der Waals surface area contributed by atoms with Crippen molar-refractivity contribution in [2.75, 3.05) is 18.2 Å². The first-order valence-corrected chi connectivity index (χ1v) is 9.88. The van der Waals surface area contributed by atoms with Crippen LogP contribution in [0.15, 0.2) is 23.1 Å². The summed E-state index contributed by atoms with van der Waals surface area (Å²) in [6, 6.07) is 5.90. The fraction of sp³-hybridized carbons (Fsp3) is 0.600. The first-order chi connectivity index (χ1) is 12.0. The molecule has 0 saturated carbocycles. The number of nitrogen functional groups attached to an aromatic ring is 1. The highest BCUT2D eigenvalue weighted by Crippen LogP contribution is 2.24. The molecule has 0 aliphatic heterocycles. The van der Waals surface area contributed by atoms with E-state index in [4.69, 9.17) is 10.5 Å². The number of ether oxygens (including phenoxy) is 1. The lowest BCUT2D eigenvalue weighted by Crippen LogP contribution is -2.22. The molecule has 0 atom stereocenters. The number of benzene rings is 1. The monoisotopic (exact) mass is 384 g/mol. The molecule has 1 amide bonds. The fourth-order valence-corrected chi connectivity index (χ4v) is 2.18. The molecule has 0 unspecified atom stereocenters. The van der Waals surface area contributed by atoms with Crippen molar-refractivity contribution in [3.63, 3.8) is 0 Å². The van der Waals surface area contributed by atoms with Gasteiger partial charge in [-0.2, -0.15) is 0 Å². The van der Waals surface area contributed by atoms with Gasteiger partial charge in [0.25, 0.3) is 0 Å². The number of amides is 1. The van der Waals surface area contributed by atoms with Gasteiger partial charge in [0.2, 0.25) is 5.91 Å². The van der Waals surface area contributed by atoms with Gasteiger partial charge in [-0.15, -0.1) is 11.8 Å². The summed E-state index contributed by atoms with van der Waals surface area (Å²) in [6.45, 7) is 15.5. The Hall–Kier alpha value is -1.69. The number of carbonyl (C=O) groups is 2. The van der Waals surface area contributed by atoms with Gasteiger partial charge in [0.15, 0.2) is 0 Å². The Morgan fingerprint density at radius 3 is 2.08 bits per heavy atom. The maximum Gasteiger partial charge on any atom is 0.311 e. The van der Waals surface area contributed by atoms with Crippen molar-refractivity contribution in [3.05, 3.63) is 23.8 Å². The van der Waals surface area contributed by atoms with Crippen LogP contribution in [-0.4, -0.2) is 24.4 Å². The van der Waals surface area contributed by atoms with Crippen LogP contribution in [0.4, 0.5) is 5.69 Å². The van der Waals surface area contributed by atoms with Gasteiger partial charge in [-0.05, 0) is 52.3 Å². The van der Waals surface area contributed by atoms with Gasteiger partial charge in [-0.25, -0.2) is 0 Å². The lowest BCUT2D eigenvalue weighted by atomic mass is 9.97. The van der Waals surface area contributed by atoms with Crippen LogP contribution in [-0.2, 0) is 14.3 Å². The van der Waals surface area contributed by atoms with Gasteiger partial charge < -0.3 is 15.8 Å². The smallest absolute Gasteiger partial charge is 0.311 e. The highest BCUT2D eigenvalue weighted by Gasteiger charge is 2.21. The molecule has 0 spiro atoms. The predicted molar refractivity (Wildman–Crippen MR) is 112 cm³/mol. The standard InChI is InChI=1S/C10H14N2OS.C7H14O2.C3H8/c1-7-3-4-10(9(11)5-7)14-6-12-8(2)13;1-5-9-6(8)7(2,3)4;1-3-2/h3-5H,6,11H2,1-2H3,(H,12,13);5H2,1-4H3;3H2,1-2H3. The summed E-state index contributed by atoms with van der Waals surface area (Å²) in [5.41, 5.74) is 7.36. The minimum Gasteiger partial charge on any atom is -0.466 e. The number of rotatable bonds is 4. The van der Waals surface area contributed by atoms with Gasteiger partial charge in [-0.1, -0.05) is 26.3 Å². The van der Waals surface area contributed by atoms with E-state index in [0.29, 0.717) is 12.5 Å². The van der Waals surface area contributed by atoms with E-state index in [2.05, 4.69) is 19.2 Å². The van der Waals surface area contributed by atoms with Gasteiger partial charge in [0.05, 0.1) is 17.9 Å². The maximum atomic E-state index is 10.8. The summed E-state index contributed by atoms with van der Waals surface area (Å²) in [7, 11) is 0. The van der Waals surface area contributed by atoms with Crippen LogP contribution >= 0.6 is 11.8 Å². The second-order valence-corrected chi connectivity index (χ2v) is 7.76. The summed E-state index contributed by atoms with van der Waals surface area (Å²) < 4.78 is 4.77. The average molecular weight is 385 g/mol. The van der Waals surface area contributed by atoms with Crippen molar-refractivity contribution in [1.29, 1.82) is 0 Å². The predicted octanol–water partition coefficient (Wildman–Crippen LogP) is 4.77. The zero-order chi connectivity index (χ0) is 20.8. The molecule has 0 aromatic heterocycles. The molecule has 0 radical (unpaired) electrons. The van der Waals surface area contributed by atoms with E-state index in [1.165, 1.54) is 25.1 Å². The average Bonchev–Trinajstić information content (AvgIpc) is 2.50. The number of hydrogen-bond acceptors (Lipinski definition) is 5. The Kier molecular flexibility index (Phi) is 14.8. The molecular weight excluding hydrogens is 348 g/mol. The number of carbonyl (C=O) groups excluding carboxylic acids is 2. The first-order valence-electron chi connectivity index (χ1n) is 8.90. The van der Waals surface area contributed by atoms with E-state index in [0.717, 1.165) is 16.1 Å². The van der Waals surface area contributed by atoms with Gasteiger partial charge in [0.1, 0.15) is 0 Å². The van der Waals surface area contributed by atoms with Crippen molar-refractivity contribution in [3.8, 4) is 0 Å². The number of hydrogen-bond donors (Lipinski definition) is 2. The highest BCUT2D eigenvalue weighted by molar-refractivity contribution is 7.99. The lowest BCUT2D eigenvalue weighted by Gasteiger charge is -2.14. The van der Waals surface area contributed by atoms with Crippen LogP contribution in [0, 0.1) is 12.3 Å². The van der Waals surface area contributed by atoms with Crippen molar-refractivity contribution >= 4 is 29.3 Å². The number of anilines is 1. The zero-order valence-electron chi connectivity index (χ0n) is 17.6. The normalized spacial score (nSPS) is 9.85. The number of nitrogens with one attached hydrogen (secondary N) is 1. The molecule has 6 heteroatoms. The van der Waals surface area contributed by atoms with Crippen molar-refractivity contribution in [2.24, 2.45) is 5.41 Å². The molecule has 0 bridgehead atoms. The third-order valence-corrected chi connectivity index (χ3v) is 3.57. The second-order valence-electron chi connectivity index (χ2n) is 6.74. The number of esters is 1. The summed E-state index contributed by atoms with van der Waals surface area (Å²) in [5, 5.41) is 2.70. The van der Waals surface area contributed by atoms with E-state index < -0.39 is 0 Å². The van der Waals surface area contributed by atoms with Crippen molar-refractivity contribution < 1.29 is 14.3 Å². The molecule has 0 aliphatic carbocycles.